The van der Waals surface area contributed by atoms with Gasteiger partial charge in [0, 0.05) is 53.6 Å². The Morgan fingerprint density at radius 2 is 1.70 bits per heavy atom. The van der Waals surface area contributed by atoms with Crippen molar-refractivity contribution in [1.82, 2.24) is 9.47 Å². The molecule has 0 aliphatic carbocycles. The Morgan fingerprint density at radius 1 is 0.933 bits per heavy atom. The van der Waals surface area contributed by atoms with Crippen LogP contribution in [-0.4, -0.2) is 28.6 Å². The summed E-state index contributed by atoms with van der Waals surface area (Å²) < 4.78 is 1.91. The molecule has 5 nitrogen and oxygen atoms in total. The van der Waals surface area contributed by atoms with Crippen molar-refractivity contribution in [2.75, 3.05) is 18.4 Å². The van der Waals surface area contributed by atoms with Crippen molar-refractivity contribution in [3.63, 3.8) is 0 Å². The first-order chi connectivity index (χ1) is 14.6. The minimum atomic E-state index is -0.0873. The summed E-state index contributed by atoms with van der Waals surface area (Å²) in [6, 6.07) is 20.7. The van der Waals surface area contributed by atoms with Crippen LogP contribution in [0.5, 0.6) is 0 Å². The number of aromatic nitrogens is 1. The summed E-state index contributed by atoms with van der Waals surface area (Å²) in [6.07, 6.45) is 0.985. The average molecular weight is 420 g/mol. The van der Waals surface area contributed by atoms with Gasteiger partial charge < -0.3 is 14.8 Å². The van der Waals surface area contributed by atoms with Crippen molar-refractivity contribution in [3.05, 3.63) is 87.8 Å². The van der Waals surface area contributed by atoms with Gasteiger partial charge in [-0.3, -0.25) is 4.79 Å². The lowest BCUT2D eigenvalue weighted by Crippen LogP contribution is -2.50. The Bertz CT molecular complexity index is 1140. The van der Waals surface area contributed by atoms with Gasteiger partial charge >= 0.3 is 6.03 Å². The van der Waals surface area contributed by atoms with E-state index in [0.29, 0.717) is 24.7 Å². The molecule has 1 fully saturated rings. The molecule has 1 saturated heterocycles. The fraction of sp³-hybridized carbons (Fsp3) is 0.250. The van der Waals surface area contributed by atoms with Crippen molar-refractivity contribution in [2.45, 2.75) is 18.9 Å². The molecule has 5 rings (SSSR count). The molecule has 2 aliphatic heterocycles. The largest absolute Gasteiger partial charge is 0.324 e. The molecule has 2 bridgehead atoms. The Hall–Kier alpha value is -3.05. The molecule has 2 aliphatic rings. The number of para-hydroxylation sites is 1. The highest BCUT2D eigenvalue weighted by Gasteiger charge is 2.37. The number of likely N-dealkylation sites (tertiary alicyclic amines) is 1. The molecule has 0 saturated carbocycles. The quantitative estimate of drug-likeness (QED) is 0.647. The maximum atomic E-state index is 12.9. The molecule has 6 heteroatoms. The number of rotatable bonds is 2. The number of hydrogen-bond acceptors (Lipinski definition) is 2. The number of pyridine rings is 1. The third-order valence-corrected chi connectivity index (χ3v) is 6.31. The fourth-order valence-electron chi connectivity index (χ4n) is 4.78. The van der Waals surface area contributed by atoms with E-state index in [4.69, 9.17) is 11.6 Å². The highest BCUT2D eigenvalue weighted by molar-refractivity contribution is 6.30. The van der Waals surface area contributed by atoms with Gasteiger partial charge in [0.15, 0.2) is 0 Å². The SMILES string of the molecule is O=C(Nc1ccccc1)N1CC2CC(C1)c1c(-c3ccc(Cl)cc3)ccc(=O)n1C2. The summed E-state index contributed by atoms with van der Waals surface area (Å²) in [5.41, 5.74) is 3.92. The molecule has 2 amide bonds. The van der Waals surface area contributed by atoms with Crippen LogP contribution in [0, 0.1) is 5.92 Å². The zero-order valence-corrected chi connectivity index (χ0v) is 17.2. The van der Waals surface area contributed by atoms with Crippen LogP contribution in [0.2, 0.25) is 5.02 Å². The number of anilines is 1. The van der Waals surface area contributed by atoms with Gasteiger partial charge in [0.25, 0.3) is 5.56 Å². The van der Waals surface area contributed by atoms with Crippen molar-refractivity contribution < 1.29 is 4.79 Å². The second kappa shape index (κ2) is 7.65. The van der Waals surface area contributed by atoms with Crippen molar-refractivity contribution >= 4 is 23.3 Å². The zero-order chi connectivity index (χ0) is 20.7. The first kappa shape index (κ1) is 18.9. The summed E-state index contributed by atoms with van der Waals surface area (Å²) in [6.45, 7) is 1.90. The Morgan fingerprint density at radius 3 is 2.47 bits per heavy atom. The number of carbonyl (C=O) groups is 1. The number of urea groups is 1. The molecule has 1 N–H and O–H groups in total. The van der Waals surface area contributed by atoms with Gasteiger partial charge in [0.2, 0.25) is 0 Å². The molecule has 1 aromatic heterocycles. The molecular weight excluding hydrogens is 398 g/mol. The van der Waals surface area contributed by atoms with E-state index in [1.165, 1.54) is 0 Å². The molecule has 3 heterocycles. The van der Waals surface area contributed by atoms with Gasteiger partial charge in [-0.1, -0.05) is 41.9 Å². The highest BCUT2D eigenvalue weighted by Crippen LogP contribution is 2.40. The summed E-state index contributed by atoms with van der Waals surface area (Å²) in [5.74, 6) is 0.398. The number of nitrogens with one attached hydrogen (secondary N) is 1. The lowest BCUT2D eigenvalue weighted by Gasteiger charge is -2.43. The third-order valence-electron chi connectivity index (χ3n) is 6.06. The van der Waals surface area contributed by atoms with Crippen LogP contribution in [0.25, 0.3) is 11.1 Å². The van der Waals surface area contributed by atoms with Gasteiger partial charge in [-0.2, -0.15) is 0 Å². The van der Waals surface area contributed by atoms with Gasteiger partial charge in [0.05, 0.1) is 0 Å². The van der Waals surface area contributed by atoms with E-state index in [1.807, 2.05) is 70.1 Å². The summed E-state index contributed by atoms with van der Waals surface area (Å²) in [5, 5.41) is 3.68. The smallest absolute Gasteiger partial charge is 0.321 e. The standard InChI is InChI=1S/C24H22ClN3O2/c25-19-8-6-17(7-9-19)21-10-11-22(29)28-14-16-12-18(23(21)28)15-27(13-16)24(30)26-20-4-2-1-3-5-20/h1-11,16,18H,12-15H2,(H,26,30). The highest BCUT2D eigenvalue weighted by atomic mass is 35.5. The number of amides is 2. The number of piperidine rings is 1. The van der Waals surface area contributed by atoms with E-state index in [9.17, 15) is 9.59 Å². The molecule has 30 heavy (non-hydrogen) atoms. The van der Waals surface area contributed by atoms with Gasteiger partial charge in [-0.05, 0) is 48.2 Å². The second-order valence-corrected chi connectivity index (χ2v) is 8.52. The fourth-order valence-corrected chi connectivity index (χ4v) is 4.90. The zero-order valence-electron chi connectivity index (χ0n) is 16.4. The monoisotopic (exact) mass is 419 g/mol. The topological polar surface area (TPSA) is 54.3 Å². The summed E-state index contributed by atoms with van der Waals surface area (Å²) in [4.78, 5) is 27.4. The van der Waals surface area contributed by atoms with E-state index in [1.54, 1.807) is 6.07 Å². The molecule has 2 atom stereocenters. The Kier molecular flexibility index (Phi) is 4.83. The third kappa shape index (κ3) is 3.50. The number of halogens is 1. The van der Waals surface area contributed by atoms with Crippen LogP contribution in [0.3, 0.4) is 0 Å². The van der Waals surface area contributed by atoms with E-state index < -0.39 is 0 Å². The Balaban J connectivity index is 1.47. The van der Waals surface area contributed by atoms with Crippen LogP contribution in [0.4, 0.5) is 10.5 Å². The predicted molar refractivity (Wildman–Crippen MR) is 119 cm³/mol. The number of nitrogens with zero attached hydrogens (tertiary/aromatic N) is 2. The van der Waals surface area contributed by atoms with Gasteiger partial charge in [-0.15, -0.1) is 0 Å². The average Bonchev–Trinajstić information content (AvgIpc) is 2.76. The van der Waals surface area contributed by atoms with Crippen molar-refractivity contribution in [1.29, 1.82) is 0 Å². The Labute approximate surface area is 179 Å². The van der Waals surface area contributed by atoms with E-state index in [-0.39, 0.29) is 23.4 Å². The second-order valence-electron chi connectivity index (χ2n) is 8.09. The molecule has 2 aromatic carbocycles. The van der Waals surface area contributed by atoms with Gasteiger partial charge in [-0.25, -0.2) is 4.79 Å². The molecule has 3 aromatic rings. The molecule has 0 spiro atoms. The predicted octanol–water partition coefficient (Wildman–Crippen LogP) is 4.82. The normalized spacial score (nSPS) is 19.8. The first-order valence-electron chi connectivity index (χ1n) is 10.2. The van der Waals surface area contributed by atoms with Crippen LogP contribution < -0.4 is 10.9 Å². The number of hydrogen-bond donors (Lipinski definition) is 1. The van der Waals surface area contributed by atoms with Crippen molar-refractivity contribution in [3.8, 4) is 11.1 Å². The maximum Gasteiger partial charge on any atom is 0.321 e. The molecule has 0 radical (unpaired) electrons. The minimum absolute atomic E-state index is 0.0274. The minimum Gasteiger partial charge on any atom is -0.324 e. The molecule has 2 unspecified atom stereocenters. The lowest BCUT2D eigenvalue weighted by atomic mass is 9.80. The van der Waals surface area contributed by atoms with Crippen LogP contribution >= 0.6 is 11.6 Å². The summed E-state index contributed by atoms with van der Waals surface area (Å²) >= 11 is 6.07. The molecule has 152 valence electrons. The lowest BCUT2D eigenvalue weighted by molar-refractivity contribution is 0.140. The van der Waals surface area contributed by atoms with Crippen LogP contribution in [0.1, 0.15) is 18.0 Å². The number of fused-ring (bicyclic) bond motifs is 4. The van der Waals surface area contributed by atoms with Crippen LogP contribution in [-0.2, 0) is 6.54 Å². The number of carbonyl (C=O) groups excluding carboxylic acids is 1. The van der Waals surface area contributed by atoms with Gasteiger partial charge in [0.1, 0.15) is 0 Å². The molecular formula is C24H22ClN3O2. The van der Waals surface area contributed by atoms with Crippen LogP contribution in [0.15, 0.2) is 71.5 Å². The first-order valence-corrected chi connectivity index (χ1v) is 10.6. The van der Waals surface area contributed by atoms with E-state index in [0.717, 1.165) is 28.9 Å². The van der Waals surface area contributed by atoms with E-state index in [2.05, 4.69) is 5.32 Å². The van der Waals surface area contributed by atoms with Crippen molar-refractivity contribution in [2.24, 2.45) is 5.92 Å². The van der Waals surface area contributed by atoms with E-state index >= 15 is 0 Å². The maximum absolute atomic E-state index is 12.9. The summed E-state index contributed by atoms with van der Waals surface area (Å²) in [7, 11) is 0. The number of benzene rings is 2.